The molecule has 0 fully saturated rings. The summed E-state index contributed by atoms with van der Waals surface area (Å²) in [4.78, 5) is 45.2. The normalized spacial score (nSPS) is 18.5. The van der Waals surface area contributed by atoms with Crippen LogP contribution in [-0.2, 0) is 34.6 Å². The molecule has 5 rings (SSSR count). The number of aromatic nitrogens is 2. The third kappa shape index (κ3) is 3.52. The second kappa shape index (κ2) is 8.41. The lowest BCUT2D eigenvalue weighted by atomic mass is 9.77. The standard InChI is InChI=1S/C28H31N3O4/c1-5-28(35)22-14-24-26-21(15-31(24)27(34)20(22)10-11-25(28)33)18(12-13-30(16(2)3)17(4)32)19-8-6-7-9-23(19)29-26/h6-9,14,16,35H,5,10-13,15H2,1-4H3/t28-/m0/s1. The van der Waals surface area contributed by atoms with Crippen molar-refractivity contribution in [2.75, 3.05) is 6.54 Å². The number of rotatable bonds is 5. The van der Waals surface area contributed by atoms with E-state index in [1.165, 1.54) is 0 Å². The van der Waals surface area contributed by atoms with Crippen molar-refractivity contribution in [1.29, 1.82) is 0 Å². The van der Waals surface area contributed by atoms with E-state index in [-0.39, 0.29) is 36.1 Å². The Bertz CT molecular complexity index is 1440. The maximum atomic E-state index is 13.6. The molecule has 3 heterocycles. The maximum absolute atomic E-state index is 13.6. The van der Waals surface area contributed by atoms with Crippen molar-refractivity contribution in [3.05, 3.63) is 62.9 Å². The SMILES string of the molecule is CC[C@@]1(O)C(=O)CCc2c1cc1n(c2=O)Cc2c-1nc1ccccc1c2CCN(C(C)=O)C(C)C. The summed E-state index contributed by atoms with van der Waals surface area (Å²) < 4.78 is 1.73. The van der Waals surface area contributed by atoms with Crippen molar-refractivity contribution < 1.29 is 14.7 Å². The van der Waals surface area contributed by atoms with Crippen LogP contribution in [0.3, 0.4) is 0 Å². The molecule has 2 aliphatic rings. The summed E-state index contributed by atoms with van der Waals surface area (Å²) in [5.74, 6) is -0.203. The van der Waals surface area contributed by atoms with E-state index in [9.17, 15) is 19.5 Å². The van der Waals surface area contributed by atoms with E-state index >= 15 is 0 Å². The van der Waals surface area contributed by atoms with Crippen LogP contribution in [0.25, 0.3) is 22.3 Å². The van der Waals surface area contributed by atoms with E-state index in [1.807, 2.05) is 49.1 Å². The van der Waals surface area contributed by atoms with Crippen LogP contribution >= 0.6 is 0 Å². The van der Waals surface area contributed by atoms with Gasteiger partial charge in [-0.05, 0) is 50.8 Å². The molecule has 182 valence electrons. The average Bonchev–Trinajstić information content (AvgIpc) is 3.19. The van der Waals surface area contributed by atoms with Crippen LogP contribution in [0.2, 0.25) is 0 Å². The first kappa shape index (κ1) is 23.4. The Labute approximate surface area is 204 Å². The Kier molecular flexibility index (Phi) is 5.63. The molecule has 7 nitrogen and oxygen atoms in total. The zero-order valence-corrected chi connectivity index (χ0v) is 20.7. The predicted molar refractivity (Wildman–Crippen MR) is 134 cm³/mol. The van der Waals surface area contributed by atoms with E-state index in [4.69, 9.17) is 4.98 Å². The monoisotopic (exact) mass is 473 g/mol. The van der Waals surface area contributed by atoms with E-state index in [1.54, 1.807) is 18.4 Å². The number of nitrogens with zero attached hydrogens (tertiary/aromatic N) is 3. The van der Waals surface area contributed by atoms with E-state index in [2.05, 4.69) is 0 Å². The molecule has 1 N–H and O–H groups in total. The number of ketones is 1. The molecule has 1 atom stereocenters. The third-order valence-corrected chi connectivity index (χ3v) is 7.72. The van der Waals surface area contributed by atoms with Gasteiger partial charge in [0.15, 0.2) is 5.78 Å². The summed E-state index contributed by atoms with van der Waals surface area (Å²) >= 11 is 0. The molecule has 1 aromatic carbocycles. The highest BCUT2D eigenvalue weighted by molar-refractivity contribution is 5.92. The number of pyridine rings is 2. The molecule has 0 unspecified atom stereocenters. The highest BCUT2D eigenvalue weighted by Crippen LogP contribution is 2.40. The molecule has 2 aromatic heterocycles. The van der Waals surface area contributed by atoms with Gasteiger partial charge in [-0.15, -0.1) is 0 Å². The first-order valence-electron chi connectivity index (χ1n) is 12.4. The molecular formula is C28H31N3O4. The highest BCUT2D eigenvalue weighted by atomic mass is 16.3. The van der Waals surface area contributed by atoms with Gasteiger partial charge < -0.3 is 14.6 Å². The zero-order chi connectivity index (χ0) is 25.1. The lowest BCUT2D eigenvalue weighted by Crippen LogP contribution is -2.43. The molecule has 1 aliphatic carbocycles. The number of amides is 1. The van der Waals surface area contributed by atoms with Gasteiger partial charge >= 0.3 is 0 Å². The number of fused-ring (bicyclic) bond motifs is 5. The highest BCUT2D eigenvalue weighted by Gasteiger charge is 2.43. The minimum absolute atomic E-state index is 0.0331. The quantitative estimate of drug-likeness (QED) is 0.480. The minimum Gasteiger partial charge on any atom is -0.377 e. The molecule has 1 amide bonds. The van der Waals surface area contributed by atoms with Gasteiger partial charge in [0.25, 0.3) is 5.56 Å². The predicted octanol–water partition coefficient (Wildman–Crippen LogP) is 3.34. The fourth-order valence-electron chi connectivity index (χ4n) is 5.79. The topological polar surface area (TPSA) is 92.5 Å². The lowest BCUT2D eigenvalue weighted by Gasteiger charge is -2.32. The van der Waals surface area contributed by atoms with Crippen LogP contribution in [0.4, 0.5) is 0 Å². The van der Waals surface area contributed by atoms with Gasteiger partial charge in [-0.2, -0.15) is 0 Å². The van der Waals surface area contributed by atoms with Crippen molar-refractivity contribution in [1.82, 2.24) is 14.5 Å². The van der Waals surface area contributed by atoms with Crippen LogP contribution in [0.15, 0.2) is 35.1 Å². The van der Waals surface area contributed by atoms with Gasteiger partial charge in [-0.1, -0.05) is 25.1 Å². The Morgan fingerprint density at radius 2 is 1.94 bits per heavy atom. The molecule has 7 heteroatoms. The first-order valence-corrected chi connectivity index (χ1v) is 12.4. The van der Waals surface area contributed by atoms with Crippen LogP contribution in [-0.4, -0.2) is 43.8 Å². The molecule has 0 spiro atoms. The fourth-order valence-corrected chi connectivity index (χ4v) is 5.79. The van der Waals surface area contributed by atoms with E-state index in [0.717, 1.165) is 22.0 Å². The van der Waals surface area contributed by atoms with E-state index < -0.39 is 5.60 Å². The zero-order valence-electron chi connectivity index (χ0n) is 20.7. The summed E-state index contributed by atoms with van der Waals surface area (Å²) in [6.07, 6.45) is 1.38. The van der Waals surface area contributed by atoms with Gasteiger partial charge in [0, 0.05) is 48.0 Å². The van der Waals surface area contributed by atoms with Gasteiger partial charge in [-0.25, -0.2) is 4.98 Å². The Balaban J connectivity index is 1.70. The fraction of sp³-hybridized carbons (Fsp3) is 0.429. The molecule has 3 aromatic rings. The number of carbonyl (C=O) groups excluding carboxylic acids is 2. The van der Waals surface area contributed by atoms with Crippen LogP contribution in [0.1, 0.15) is 62.8 Å². The van der Waals surface area contributed by atoms with Gasteiger partial charge in [0.05, 0.1) is 23.4 Å². The Morgan fingerprint density at radius 1 is 1.20 bits per heavy atom. The van der Waals surface area contributed by atoms with Gasteiger partial charge in [0.2, 0.25) is 5.91 Å². The molecule has 35 heavy (non-hydrogen) atoms. The molecule has 1 aliphatic heterocycles. The van der Waals surface area contributed by atoms with Crippen molar-refractivity contribution >= 4 is 22.6 Å². The summed E-state index contributed by atoms with van der Waals surface area (Å²) in [5, 5.41) is 12.2. The number of para-hydroxylation sites is 1. The number of hydrogen-bond donors (Lipinski definition) is 1. The van der Waals surface area contributed by atoms with Crippen LogP contribution < -0.4 is 5.56 Å². The van der Waals surface area contributed by atoms with Crippen molar-refractivity contribution in [2.24, 2.45) is 0 Å². The molecule has 0 saturated carbocycles. The van der Waals surface area contributed by atoms with Crippen molar-refractivity contribution in [2.45, 2.75) is 71.6 Å². The lowest BCUT2D eigenvalue weighted by molar-refractivity contribution is -0.140. The number of aliphatic hydroxyl groups is 1. The summed E-state index contributed by atoms with van der Waals surface area (Å²) in [5.41, 5.74) is 3.40. The number of benzene rings is 1. The smallest absolute Gasteiger partial charge is 0.254 e. The molecule has 0 radical (unpaired) electrons. The summed E-state index contributed by atoms with van der Waals surface area (Å²) in [6.45, 7) is 8.33. The maximum Gasteiger partial charge on any atom is 0.254 e. The summed E-state index contributed by atoms with van der Waals surface area (Å²) in [6, 6.07) is 9.80. The Hall–Kier alpha value is -3.32. The molecule has 0 saturated heterocycles. The van der Waals surface area contributed by atoms with Crippen LogP contribution in [0, 0.1) is 0 Å². The van der Waals surface area contributed by atoms with E-state index in [0.29, 0.717) is 48.4 Å². The average molecular weight is 474 g/mol. The first-order chi connectivity index (χ1) is 16.7. The van der Waals surface area contributed by atoms with Crippen molar-refractivity contribution in [3.63, 3.8) is 0 Å². The second-order valence-electron chi connectivity index (χ2n) is 9.94. The minimum atomic E-state index is -1.63. The van der Waals surface area contributed by atoms with Crippen molar-refractivity contribution in [3.8, 4) is 11.4 Å². The van der Waals surface area contributed by atoms with Gasteiger partial charge in [0.1, 0.15) is 5.60 Å². The summed E-state index contributed by atoms with van der Waals surface area (Å²) in [7, 11) is 0. The molecular weight excluding hydrogens is 442 g/mol. The number of hydrogen-bond acceptors (Lipinski definition) is 5. The number of Topliss-reactive ketones (excluding diaryl/α,β-unsaturated/α-hetero) is 1. The molecule has 0 bridgehead atoms. The Morgan fingerprint density at radius 3 is 2.63 bits per heavy atom. The second-order valence-corrected chi connectivity index (χ2v) is 9.94. The van der Waals surface area contributed by atoms with Crippen LogP contribution in [0.5, 0.6) is 0 Å². The third-order valence-electron chi connectivity index (χ3n) is 7.72. The largest absolute Gasteiger partial charge is 0.377 e. The van der Waals surface area contributed by atoms with Gasteiger partial charge in [-0.3, -0.25) is 14.4 Å². The number of carbonyl (C=O) groups is 2.